The molecule has 1 amide bonds. The molecule has 158 valence electrons. The van der Waals surface area contributed by atoms with Crippen LogP contribution >= 0.6 is 0 Å². The summed E-state index contributed by atoms with van der Waals surface area (Å²) in [5.74, 6) is -1.28. The van der Waals surface area contributed by atoms with Crippen molar-refractivity contribution in [1.29, 1.82) is 0 Å². The second-order valence-corrected chi connectivity index (χ2v) is 8.82. The monoisotopic (exact) mass is 410 g/mol. The molecule has 30 heavy (non-hydrogen) atoms. The van der Waals surface area contributed by atoms with Gasteiger partial charge in [-0.25, -0.2) is 4.79 Å². The fraction of sp³-hybridized carbons (Fsp3) is 0.435. The second-order valence-electron chi connectivity index (χ2n) is 8.82. The number of hydrogen-bond acceptors (Lipinski definition) is 6. The Kier molecular flexibility index (Phi) is 4.71. The highest BCUT2D eigenvalue weighted by molar-refractivity contribution is 6.22. The van der Waals surface area contributed by atoms with E-state index in [9.17, 15) is 14.4 Å². The van der Waals surface area contributed by atoms with Gasteiger partial charge in [-0.2, -0.15) is 0 Å². The number of fused-ring (bicyclic) bond motifs is 3. The molecule has 4 rings (SSSR count). The third-order valence-electron chi connectivity index (χ3n) is 5.92. The summed E-state index contributed by atoms with van der Waals surface area (Å²) in [5, 5.41) is 2.83. The van der Waals surface area contributed by atoms with Gasteiger partial charge in [0.1, 0.15) is 16.7 Å². The minimum atomic E-state index is -1.66. The molecule has 0 radical (unpaired) electrons. The van der Waals surface area contributed by atoms with E-state index in [0.29, 0.717) is 29.9 Å². The number of rotatable bonds is 4. The van der Waals surface area contributed by atoms with Crippen LogP contribution in [0.25, 0.3) is 0 Å². The molecule has 0 saturated carbocycles. The number of nitrogens with one attached hydrogen (secondary N) is 1. The fourth-order valence-electron chi connectivity index (χ4n) is 4.65. The van der Waals surface area contributed by atoms with Crippen molar-refractivity contribution >= 4 is 23.3 Å². The lowest BCUT2D eigenvalue weighted by Crippen LogP contribution is -2.50. The summed E-state index contributed by atoms with van der Waals surface area (Å²) in [6.45, 7) is 6.09. The molecule has 0 unspecified atom stereocenters. The molecule has 2 heterocycles. The third kappa shape index (κ3) is 2.83. The van der Waals surface area contributed by atoms with E-state index in [4.69, 9.17) is 15.2 Å². The van der Waals surface area contributed by atoms with Gasteiger partial charge in [0.05, 0.1) is 12.2 Å². The molecule has 1 atom stereocenters. The van der Waals surface area contributed by atoms with Crippen LogP contribution in [0.5, 0.6) is 0 Å². The van der Waals surface area contributed by atoms with Gasteiger partial charge < -0.3 is 20.5 Å². The minimum Gasteiger partial charge on any atom is -0.462 e. The fourth-order valence-corrected chi connectivity index (χ4v) is 4.65. The number of amides is 1. The normalized spacial score (nSPS) is 24.4. The molecule has 0 fully saturated rings. The molecule has 1 aliphatic carbocycles. The Morgan fingerprint density at radius 3 is 2.70 bits per heavy atom. The number of para-hydroxylation sites is 1. The first-order chi connectivity index (χ1) is 14.2. The molecule has 7 nitrogen and oxygen atoms in total. The Labute approximate surface area is 175 Å². The van der Waals surface area contributed by atoms with Gasteiger partial charge in [0.25, 0.3) is 0 Å². The topological polar surface area (TPSA) is 108 Å². The van der Waals surface area contributed by atoms with Gasteiger partial charge >= 0.3 is 5.97 Å². The van der Waals surface area contributed by atoms with E-state index in [1.807, 2.05) is 20.8 Å². The highest BCUT2D eigenvalue weighted by Crippen LogP contribution is 2.56. The number of ketones is 1. The predicted octanol–water partition coefficient (Wildman–Crippen LogP) is 3.06. The average Bonchev–Trinajstić information content (AvgIpc) is 2.93. The molecule has 2 aliphatic heterocycles. The predicted molar refractivity (Wildman–Crippen MR) is 110 cm³/mol. The van der Waals surface area contributed by atoms with E-state index >= 15 is 0 Å². The van der Waals surface area contributed by atoms with Gasteiger partial charge in [0.2, 0.25) is 11.8 Å². The van der Waals surface area contributed by atoms with Crippen LogP contribution < -0.4 is 11.1 Å². The first-order valence-corrected chi connectivity index (χ1v) is 10.3. The minimum absolute atomic E-state index is 0.118. The van der Waals surface area contributed by atoms with Gasteiger partial charge in [0.15, 0.2) is 5.78 Å². The zero-order valence-corrected chi connectivity index (χ0v) is 17.5. The highest BCUT2D eigenvalue weighted by Gasteiger charge is 2.62. The zero-order chi connectivity index (χ0) is 21.7. The number of ether oxygens (including phenoxy) is 2. The van der Waals surface area contributed by atoms with Crippen LogP contribution in [0.15, 0.2) is 47.1 Å². The average molecular weight is 410 g/mol. The number of esters is 1. The van der Waals surface area contributed by atoms with Crippen LogP contribution in [0.2, 0.25) is 0 Å². The SMILES string of the molecule is CCCCOC(=O)C1=C(N)OC2=C(C(=O)CC(C)(C)C2)[C@]12C(=O)Nc1ccccc12. The number of anilines is 1. The highest BCUT2D eigenvalue weighted by atomic mass is 16.5. The molecule has 1 spiro atoms. The summed E-state index contributed by atoms with van der Waals surface area (Å²) in [6, 6.07) is 7.03. The van der Waals surface area contributed by atoms with E-state index in [1.165, 1.54) is 0 Å². The van der Waals surface area contributed by atoms with Gasteiger partial charge in [-0.15, -0.1) is 0 Å². The van der Waals surface area contributed by atoms with E-state index in [2.05, 4.69) is 5.32 Å². The number of hydrogen-bond donors (Lipinski definition) is 2. The Hall–Kier alpha value is -3.09. The number of allylic oxidation sites excluding steroid dienone is 1. The Morgan fingerprint density at radius 1 is 1.23 bits per heavy atom. The van der Waals surface area contributed by atoms with Crippen molar-refractivity contribution in [2.75, 3.05) is 11.9 Å². The third-order valence-corrected chi connectivity index (χ3v) is 5.92. The van der Waals surface area contributed by atoms with Gasteiger partial charge in [-0.1, -0.05) is 45.4 Å². The van der Waals surface area contributed by atoms with E-state index in [1.54, 1.807) is 24.3 Å². The van der Waals surface area contributed by atoms with Crippen molar-refractivity contribution in [3.05, 3.63) is 52.6 Å². The van der Waals surface area contributed by atoms with Gasteiger partial charge in [0, 0.05) is 24.1 Å². The van der Waals surface area contributed by atoms with Crippen LogP contribution in [-0.2, 0) is 29.3 Å². The molecule has 1 aromatic carbocycles. The number of benzene rings is 1. The maximum Gasteiger partial charge on any atom is 0.341 e. The lowest BCUT2D eigenvalue weighted by molar-refractivity contribution is -0.141. The van der Waals surface area contributed by atoms with Crippen molar-refractivity contribution in [3.8, 4) is 0 Å². The van der Waals surface area contributed by atoms with E-state index < -0.39 is 17.3 Å². The van der Waals surface area contributed by atoms with Crippen molar-refractivity contribution < 1.29 is 23.9 Å². The van der Waals surface area contributed by atoms with Crippen molar-refractivity contribution in [2.45, 2.75) is 51.9 Å². The largest absolute Gasteiger partial charge is 0.462 e. The number of carbonyl (C=O) groups is 3. The molecule has 1 aromatic rings. The number of Topliss-reactive ketones (excluding diaryl/α,β-unsaturated/α-hetero) is 1. The van der Waals surface area contributed by atoms with Crippen LogP contribution in [0.4, 0.5) is 5.69 Å². The smallest absolute Gasteiger partial charge is 0.341 e. The molecule has 0 aromatic heterocycles. The van der Waals surface area contributed by atoms with Crippen molar-refractivity contribution in [1.82, 2.24) is 0 Å². The number of carbonyl (C=O) groups excluding carboxylic acids is 3. The summed E-state index contributed by atoms with van der Waals surface area (Å²) >= 11 is 0. The summed E-state index contributed by atoms with van der Waals surface area (Å²) < 4.78 is 11.2. The maximum atomic E-state index is 13.5. The van der Waals surface area contributed by atoms with Crippen molar-refractivity contribution in [3.63, 3.8) is 0 Å². The Bertz CT molecular complexity index is 1020. The molecular weight excluding hydrogens is 384 g/mol. The number of nitrogens with two attached hydrogens (primary N) is 1. The lowest BCUT2D eigenvalue weighted by atomic mass is 9.62. The first kappa shape index (κ1) is 20.2. The molecular formula is C23H26N2O5. The maximum absolute atomic E-state index is 13.5. The van der Waals surface area contributed by atoms with Crippen LogP contribution in [-0.4, -0.2) is 24.3 Å². The first-order valence-electron chi connectivity index (χ1n) is 10.3. The van der Waals surface area contributed by atoms with Crippen LogP contribution in [0.3, 0.4) is 0 Å². The molecule has 3 aliphatic rings. The summed E-state index contributed by atoms with van der Waals surface area (Å²) in [5.41, 5.74) is 5.36. The molecule has 0 saturated heterocycles. The second kappa shape index (κ2) is 7.00. The van der Waals surface area contributed by atoms with Crippen LogP contribution in [0, 0.1) is 5.41 Å². The number of unbranched alkanes of at least 4 members (excludes halogenated alkanes) is 1. The van der Waals surface area contributed by atoms with Gasteiger partial charge in [-0.3, -0.25) is 9.59 Å². The molecule has 7 heteroatoms. The van der Waals surface area contributed by atoms with Crippen molar-refractivity contribution in [2.24, 2.45) is 11.1 Å². The van der Waals surface area contributed by atoms with E-state index in [0.717, 1.165) is 6.42 Å². The lowest BCUT2D eigenvalue weighted by Gasteiger charge is -2.41. The summed E-state index contributed by atoms with van der Waals surface area (Å²) in [7, 11) is 0. The van der Waals surface area contributed by atoms with Crippen LogP contribution in [0.1, 0.15) is 52.0 Å². The summed E-state index contributed by atoms with van der Waals surface area (Å²) in [4.78, 5) is 40.0. The van der Waals surface area contributed by atoms with E-state index in [-0.39, 0.29) is 41.3 Å². The Morgan fingerprint density at radius 2 is 1.97 bits per heavy atom. The quantitative estimate of drug-likeness (QED) is 0.583. The van der Waals surface area contributed by atoms with Gasteiger partial charge in [-0.05, 0) is 17.9 Å². The molecule has 3 N–H and O–H groups in total. The zero-order valence-electron chi connectivity index (χ0n) is 17.5. The molecule has 0 bridgehead atoms. The summed E-state index contributed by atoms with van der Waals surface area (Å²) in [6.07, 6.45) is 2.20. The Balaban J connectivity index is 1.96. The standard InChI is InChI=1S/C23H26N2O5/c1-4-5-10-29-20(27)18-19(24)30-16-12-22(2,3)11-15(26)17(16)23(18)13-8-6-7-9-14(13)25-21(23)28/h6-9H,4-5,10-12,24H2,1-3H3,(H,25,28)/t23-/m0/s1.